The van der Waals surface area contributed by atoms with E-state index in [4.69, 9.17) is 5.26 Å². The summed E-state index contributed by atoms with van der Waals surface area (Å²) in [5.74, 6) is 0. The molecule has 0 spiro atoms. The minimum absolute atomic E-state index is 0. The highest BCUT2D eigenvalue weighted by atomic mass is 127. The van der Waals surface area contributed by atoms with Crippen LogP contribution in [0.4, 0.5) is 4.79 Å². The second kappa shape index (κ2) is 5.59. The predicted octanol–water partition coefficient (Wildman–Crippen LogP) is -3.26. The Hall–Kier alpha value is -1.10. The highest BCUT2D eigenvalue weighted by molar-refractivity contribution is 5.76. The number of carbonyl (C=O) groups is 1. The third-order valence-electron chi connectivity index (χ3n) is 1.62. The maximum atomic E-state index is 11.5. The molecular weight excluding hydrogens is 295 g/mol. The van der Waals surface area contributed by atoms with Crippen LogP contribution in [0.25, 0.3) is 0 Å². The van der Waals surface area contributed by atoms with E-state index in [1.807, 2.05) is 13.1 Å². The number of aromatic nitrogens is 2. The van der Waals surface area contributed by atoms with Crippen LogP contribution in [0.5, 0.6) is 0 Å². The number of halogens is 1. The molecule has 1 heterocycles. The van der Waals surface area contributed by atoms with Crippen LogP contribution in [0.1, 0.15) is 0 Å². The van der Waals surface area contributed by atoms with Gasteiger partial charge in [-0.25, -0.2) is 9.36 Å². The van der Waals surface area contributed by atoms with Gasteiger partial charge < -0.3 is 24.0 Å². The second-order valence-corrected chi connectivity index (χ2v) is 2.78. The summed E-state index contributed by atoms with van der Waals surface area (Å²) in [6.07, 6.45) is 5.06. The van der Waals surface area contributed by atoms with Crippen LogP contribution >= 0.6 is 0 Å². The number of hydrogen-bond acceptors (Lipinski definition) is 2. The third-order valence-corrected chi connectivity index (χ3v) is 1.62. The van der Waals surface area contributed by atoms with Crippen molar-refractivity contribution in [1.82, 2.24) is 9.47 Å². The number of nitriles is 1. The Balaban J connectivity index is 0.00000169. The van der Waals surface area contributed by atoms with E-state index in [9.17, 15) is 4.79 Å². The van der Waals surface area contributed by atoms with Crippen molar-refractivity contribution in [1.29, 1.82) is 5.26 Å². The molecule has 0 radical (unpaired) electrons. The van der Waals surface area contributed by atoms with Crippen LogP contribution in [-0.2, 0) is 7.05 Å². The Morgan fingerprint density at radius 2 is 2.36 bits per heavy atom. The van der Waals surface area contributed by atoms with Crippen LogP contribution < -0.4 is 28.5 Å². The highest BCUT2D eigenvalue weighted by Crippen LogP contribution is 1.90. The standard InChI is InChI=1S/C8H11N4O.HI/c1-10-5-6-12(7-10)8(13)11(2)4-3-9;/h5-7H,4H2,1-2H3;1H/q+1;/p-1. The maximum Gasteiger partial charge on any atom is 0.416 e. The smallest absolute Gasteiger partial charge is 0.416 e. The maximum absolute atomic E-state index is 11.5. The fraction of sp³-hybridized carbons (Fsp3) is 0.375. The van der Waals surface area contributed by atoms with Crippen molar-refractivity contribution in [3.63, 3.8) is 0 Å². The lowest BCUT2D eigenvalue weighted by Crippen LogP contribution is -3.00. The minimum atomic E-state index is -0.206. The Morgan fingerprint density at radius 1 is 1.71 bits per heavy atom. The molecule has 1 aromatic rings. The number of rotatable bonds is 1. The average molecular weight is 306 g/mol. The molecule has 0 bridgehead atoms. The van der Waals surface area contributed by atoms with E-state index in [2.05, 4.69) is 0 Å². The Morgan fingerprint density at radius 3 is 2.79 bits per heavy atom. The summed E-state index contributed by atoms with van der Waals surface area (Å²) in [5, 5.41) is 8.38. The van der Waals surface area contributed by atoms with Gasteiger partial charge in [-0.2, -0.15) is 9.83 Å². The molecule has 14 heavy (non-hydrogen) atoms. The van der Waals surface area contributed by atoms with E-state index in [0.717, 1.165) is 0 Å². The van der Waals surface area contributed by atoms with Gasteiger partial charge >= 0.3 is 6.03 Å². The number of aryl methyl sites for hydroxylation is 1. The Kier molecular flexibility index (Phi) is 5.15. The fourth-order valence-electron chi connectivity index (χ4n) is 0.934. The monoisotopic (exact) mass is 306 g/mol. The van der Waals surface area contributed by atoms with Gasteiger partial charge in [0.05, 0.1) is 13.1 Å². The van der Waals surface area contributed by atoms with Gasteiger partial charge in [0.1, 0.15) is 18.9 Å². The average Bonchev–Trinajstić information content (AvgIpc) is 2.51. The molecule has 1 rings (SSSR count). The van der Waals surface area contributed by atoms with Gasteiger partial charge in [-0.05, 0) is 0 Å². The van der Waals surface area contributed by atoms with Crippen molar-refractivity contribution in [2.24, 2.45) is 7.05 Å². The molecule has 0 atom stereocenters. The molecule has 0 fully saturated rings. The van der Waals surface area contributed by atoms with E-state index in [-0.39, 0.29) is 36.6 Å². The molecule has 0 aliphatic carbocycles. The van der Waals surface area contributed by atoms with Crippen molar-refractivity contribution in [2.75, 3.05) is 13.6 Å². The van der Waals surface area contributed by atoms with Gasteiger partial charge in [0.25, 0.3) is 6.33 Å². The number of nitrogens with zero attached hydrogens (tertiary/aromatic N) is 4. The van der Waals surface area contributed by atoms with Gasteiger partial charge in [-0.3, -0.25) is 4.90 Å². The van der Waals surface area contributed by atoms with Crippen molar-refractivity contribution >= 4 is 6.03 Å². The van der Waals surface area contributed by atoms with Gasteiger partial charge in [0.2, 0.25) is 0 Å². The summed E-state index contributed by atoms with van der Waals surface area (Å²) >= 11 is 0. The lowest BCUT2D eigenvalue weighted by Gasteiger charge is -2.07. The van der Waals surface area contributed by atoms with Crippen LogP contribution in [0.3, 0.4) is 0 Å². The van der Waals surface area contributed by atoms with Crippen molar-refractivity contribution < 1.29 is 33.3 Å². The van der Waals surface area contributed by atoms with E-state index in [1.165, 1.54) is 9.47 Å². The lowest BCUT2D eigenvalue weighted by atomic mass is 10.6. The molecule has 0 unspecified atom stereocenters. The first kappa shape index (κ1) is 12.9. The summed E-state index contributed by atoms with van der Waals surface area (Å²) in [7, 11) is 3.42. The molecule has 6 heteroatoms. The molecule has 76 valence electrons. The second-order valence-electron chi connectivity index (χ2n) is 2.78. The van der Waals surface area contributed by atoms with Crippen molar-refractivity contribution in [2.45, 2.75) is 0 Å². The molecule has 0 saturated heterocycles. The zero-order valence-electron chi connectivity index (χ0n) is 8.01. The first-order valence-electron chi connectivity index (χ1n) is 3.81. The summed E-state index contributed by atoms with van der Waals surface area (Å²) in [4.78, 5) is 12.8. The normalized spacial score (nSPS) is 8.64. The highest BCUT2D eigenvalue weighted by Gasteiger charge is 2.15. The van der Waals surface area contributed by atoms with Crippen LogP contribution in [0.2, 0.25) is 0 Å². The minimum Gasteiger partial charge on any atom is -1.00 e. The van der Waals surface area contributed by atoms with Crippen LogP contribution in [0.15, 0.2) is 18.7 Å². The molecule has 1 aromatic heterocycles. The lowest BCUT2D eigenvalue weighted by molar-refractivity contribution is -0.670. The first-order valence-corrected chi connectivity index (χ1v) is 3.81. The molecule has 0 saturated carbocycles. The van der Waals surface area contributed by atoms with E-state index in [0.29, 0.717) is 0 Å². The van der Waals surface area contributed by atoms with Gasteiger partial charge in [0, 0.05) is 7.05 Å². The molecule has 0 aliphatic heterocycles. The summed E-state index contributed by atoms with van der Waals surface area (Å²) in [5.41, 5.74) is 0. The van der Waals surface area contributed by atoms with Crippen LogP contribution in [0, 0.1) is 11.3 Å². The zero-order chi connectivity index (χ0) is 9.84. The Labute approximate surface area is 99.6 Å². The predicted molar refractivity (Wildman–Crippen MR) is 44.6 cm³/mol. The number of amides is 1. The van der Waals surface area contributed by atoms with E-state index in [1.54, 1.807) is 30.3 Å². The Bertz CT molecular complexity index is 354. The molecule has 0 aromatic carbocycles. The number of hydrogen-bond donors (Lipinski definition) is 0. The number of carbonyl (C=O) groups excluding carboxylic acids is 1. The quantitative estimate of drug-likeness (QED) is 0.311. The molecule has 0 aliphatic rings. The summed E-state index contributed by atoms with van der Waals surface area (Å²) < 4.78 is 3.19. The van der Waals surface area contributed by atoms with Crippen molar-refractivity contribution in [3.8, 4) is 6.07 Å². The molecular formula is C8H11IN4O. The van der Waals surface area contributed by atoms with Crippen molar-refractivity contribution in [3.05, 3.63) is 18.7 Å². The van der Waals surface area contributed by atoms with E-state index >= 15 is 0 Å². The topological polar surface area (TPSA) is 52.9 Å². The zero-order valence-corrected chi connectivity index (χ0v) is 10.2. The van der Waals surface area contributed by atoms with Gasteiger partial charge in [0.15, 0.2) is 0 Å². The van der Waals surface area contributed by atoms with E-state index < -0.39 is 0 Å². The number of imidazole rings is 1. The summed E-state index contributed by atoms with van der Waals surface area (Å²) in [6.45, 7) is 0.0979. The summed E-state index contributed by atoms with van der Waals surface area (Å²) in [6, 6.07) is 1.70. The van der Waals surface area contributed by atoms with Crippen LogP contribution in [-0.4, -0.2) is 29.1 Å². The van der Waals surface area contributed by atoms with Gasteiger partial charge in [-0.1, -0.05) is 0 Å². The SMILES string of the molecule is CN(CC#N)C(=O)n1cc[n+](C)c1.[I-]. The fourth-order valence-corrected chi connectivity index (χ4v) is 0.934. The largest absolute Gasteiger partial charge is 1.00 e. The molecule has 1 amide bonds. The first-order chi connectivity index (χ1) is 6.15. The molecule has 5 nitrogen and oxygen atoms in total. The third kappa shape index (κ3) is 2.99. The molecule has 0 N–H and O–H groups in total. The van der Waals surface area contributed by atoms with Gasteiger partial charge in [-0.15, -0.1) is 0 Å².